The van der Waals surface area contributed by atoms with Gasteiger partial charge in [0, 0.05) is 24.5 Å². The van der Waals surface area contributed by atoms with Crippen LogP contribution in [0.5, 0.6) is 0 Å². The minimum Gasteiger partial charge on any atom is -0.396 e. The van der Waals surface area contributed by atoms with Crippen molar-refractivity contribution >= 4 is 5.91 Å². The molecule has 2 aliphatic rings. The van der Waals surface area contributed by atoms with Crippen LogP contribution >= 0.6 is 0 Å². The number of halogens is 2. The molecule has 0 aromatic heterocycles. The molecular formula is C18H24F2N2O2. The Morgan fingerprint density at radius 1 is 1.29 bits per heavy atom. The fraction of sp³-hybridized carbons (Fsp3) is 0.611. The smallest absolute Gasteiger partial charge is 0.227 e. The summed E-state index contributed by atoms with van der Waals surface area (Å²) >= 11 is 0. The summed E-state index contributed by atoms with van der Waals surface area (Å²) < 4.78 is 26.3. The third kappa shape index (κ3) is 3.17. The molecule has 3 rings (SSSR count). The second-order valence-electron chi connectivity index (χ2n) is 7.14. The lowest BCUT2D eigenvalue weighted by molar-refractivity contribution is -0.139. The summed E-state index contributed by atoms with van der Waals surface area (Å²) in [6.45, 7) is 2.30. The molecule has 2 heterocycles. The molecule has 132 valence electrons. The molecule has 6 heteroatoms. The highest BCUT2D eigenvalue weighted by Crippen LogP contribution is 2.41. The van der Waals surface area contributed by atoms with Crippen molar-refractivity contribution in [1.82, 2.24) is 9.80 Å². The molecule has 2 saturated heterocycles. The van der Waals surface area contributed by atoms with E-state index in [1.54, 1.807) is 4.90 Å². The lowest BCUT2D eigenvalue weighted by Crippen LogP contribution is -2.62. The molecule has 1 N–H and O–H groups in total. The zero-order valence-electron chi connectivity index (χ0n) is 14.0. The van der Waals surface area contributed by atoms with Gasteiger partial charge < -0.3 is 14.9 Å². The second kappa shape index (κ2) is 6.76. The number of piperidine rings is 2. The standard InChI is InChI=1S/C18H24F2N2O2/c1-21-7-2-5-18(12-23)6-8-22(11-16(18)21)17(24)10-13-3-4-14(19)15(20)9-13/h3-4,9,16,23H,2,5-8,10-12H2,1H3/t16-,18-/m1/s1. The number of hydrogen-bond donors (Lipinski definition) is 1. The van der Waals surface area contributed by atoms with Crippen LogP contribution < -0.4 is 0 Å². The highest BCUT2D eigenvalue weighted by molar-refractivity contribution is 5.79. The Labute approximate surface area is 141 Å². The van der Waals surface area contributed by atoms with E-state index in [-0.39, 0.29) is 30.4 Å². The molecule has 0 unspecified atom stereocenters. The Morgan fingerprint density at radius 3 is 2.79 bits per heavy atom. The predicted octanol–water partition coefficient (Wildman–Crippen LogP) is 1.81. The molecule has 24 heavy (non-hydrogen) atoms. The fourth-order valence-corrected chi connectivity index (χ4v) is 4.18. The van der Waals surface area contributed by atoms with Gasteiger partial charge in [0.25, 0.3) is 0 Å². The summed E-state index contributed by atoms with van der Waals surface area (Å²) in [6, 6.07) is 3.74. The molecule has 0 aliphatic carbocycles. The van der Waals surface area contributed by atoms with Crippen molar-refractivity contribution in [2.24, 2.45) is 5.41 Å². The summed E-state index contributed by atoms with van der Waals surface area (Å²) in [7, 11) is 2.04. The average molecular weight is 338 g/mol. The number of rotatable bonds is 3. The van der Waals surface area contributed by atoms with E-state index in [1.165, 1.54) is 6.07 Å². The molecule has 2 aliphatic heterocycles. The lowest BCUT2D eigenvalue weighted by Gasteiger charge is -2.53. The van der Waals surface area contributed by atoms with E-state index in [2.05, 4.69) is 4.90 Å². The van der Waals surface area contributed by atoms with Crippen molar-refractivity contribution in [2.45, 2.75) is 31.7 Å². The third-order valence-corrected chi connectivity index (χ3v) is 5.70. The van der Waals surface area contributed by atoms with Crippen LogP contribution in [0.25, 0.3) is 0 Å². The maximum Gasteiger partial charge on any atom is 0.227 e. The third-order valence-electron chi connectivity index (χ3n) is 5.70. The van der Waals surface area contributed by atoms with Crippen LogP contribution in [0.2, 0.25) is 0 Å². The average Bonchev–Trinajstić information content (AvgIpc) is 2.58. The predicted molar refractivity (Wildman–Crippen MR) is 86.4 cm³/mol. The topological polar surface area (TPSA) is 43.8 Å². The Hall–Kier alpha value is -1.53. The number of likely N-dealkylation sites (tertiary alicyclic amines) is 2. The fourth-order valence-electron chi connectivity index (χ4n) is 4.18. The zero-order chi connectivity index (χ0) is 17.3. The van der Waals surface area contributed by atoms with Crippen molar-refractivity contribution in [3.63, 3.8) is 0 Å². The van der Waals surface area contributed by atoms with Crippen LogP contribution in [0.1, 0.15) is 24.8 Å². The number of carbonyl (C=O) groups is 1. The van der Waals surface area contributed by atoms with Gasteiger partial charge in [0.2, 0.25) is 5.91 Å². The lowest BCUT2D eigenvalue weighted by atomic mass is 9.69. The molecule has 1 amide bonds. The summed E-state index contributed by atoms with van der Waals surface area (Å²) in [5, 5.41) is 9.90. The van der Waals surface area contributed by atoms with Crippen molar-refractivity contribution in [2.75, 3.05) is 33.3 Å². The molecular weight excluding hydrogens is 314 g/mol. The minimum atomic E-state index is -0.926. The van der Waals surface area contributed by atoms with E-state index < -0.39 is 11.6 Å². The molecule has 0 bridgehead atoms. The first-order chi connectivity index (χ1) is 11.4. The minimum absolute atomic E-state index is 0.0692. The molecule has 1 aromatic carbocycles. The van der Waals surface area contributed by atoms with Crippen LogP contribution in [0.3, 0.4) is 0 Å². The molecule has 2 atom stereocenters. The van der Waals surface area contributed by atoms with Crippen LogP contribution in [0.15, 0.2) is 18.2 Å². The van der Waals surface area contributed by atoms with Crippen molar-refractivity contribution in [3.05, 3.63) is 35.4 Å². The molecule has 4 nitrogen and oxygen atoms in total. The second-order valence-corrected chi connectivity index (χ2v) is 7.14. The summed E-state index contributed by atoms with van der Waals surface area (Å²) in [5.74, 6) is -1.91. The first-order valence-corrected chi connectivity index (χ1v) is 8.48. The van der Waals surface area contributed by atoms with Crippen LogP contribution in [-0.2, 0) is 11.2 Å². The molecule has 0 spiro atoms. The maximum atomic E-state index is 13.3. The van der Waals surface area contributed by atoms with Crippen LogP contribution in [-0.4, -0.2) is 60.1 Å². The number of carbonyl (C=O) groups excluding carboxylic acids is 1. The highest BCUT2D eigenvalue weighted by atomic mass is 19.2. The van der Waals surface area contributed by atoms with E-state index in [0.29, 0.717) is 18.7 Å². The largest absolute Gasteiger partial charge is 0.396 e. The Bertz CT molecular complexity index is 625. The zero-order valence-corrected chi connectivity index (χ0v) is 14.0. The van der Waals surface area contributed by atoms with Crippen molar-refractivity contribution in [1.29, 1.82) is 0 Å². The SMILES string of the molecule is CN1CCC[C@]2(CO)CCN(C(=O)Cc3ccc(F)c(F)c3)C[C@@H]12. The molecule has 0 radical (unpaired) electrons. The first-order valence-electron chi connectivity index (χ1n) is 8.48. The van der Waals surface area contributed by atoms with Crippen molar-refractivity contribution < 1.29 is 18.7 Å². The normalized spacial score (nSPS) is 27.8. The number of aliphatic hydroxyl groups is 1. The van der Waals surface area contributed by atoms with E-state index in [1.807, 2.05) is 7.05 Å². The number of benzene rings is 1. The highest BCUT2D eigenvalue weighted by Gasteiger charge is 2.47. The first kappa shape index (κ1) is 17.3. The monoisotopic (exact) mass is 338 g/mol. The molecule has 0 saturated carbocycles. The maximum absolute atomic E-state index is 13.3. The van der Waals surface area contributed by atoms with Crippen LogP contribution in [0.4, 0.5) is 8.78 Å². The van der Waals surface area contributed by atoms with Gasteiger partial charge in [-0.3, -0.25) is 4.79 Å². The van der Waals surface area contributed by atoms with Gasteiger partial charge in [-0.2, -0.15) is 0 Å². The van der Waals surface area contributed by atoms with Gasteiger partial charge in [-0.15, -0.1) is 0 Å². The number of fused-ring (bicyclic) bond motifs is 1. The number of nitrogens with zero attached hydrogens (tertiary/aromatic N) is 2. The summed E-state index contributed by atoms with van der Waals surface area (Å²) in [6.07, 6.45) is 2.90. The number of likely N-dealkylation sites (N-methyl/N-ethyl adjacent to an activating group) is 1. The van der Waals surface area contributed by atoms with Gasteiger partial charge in [0.05, 0.1) is 13.0 Å². The molecule has 2 fully saturated rings. The number of hydrogen-bond acceptors (Lipinski definition) is 3. The Balaban J connectivity index is 1.69. The van der Waals surface area contributed by atoms with Crippen molar-refractivity contribution in [3.8, 4) is 0 Å². The van der Waals surface area contributed by atoms with E-state index in [4.69, 9.17) is 0 Å². The summed E-state index contributed by atoms with van der Waals surface area (Å²) in [5.41, 5.74) is 0.362. The summed E-state index contributed by atoms with van der Waals surface area (Å²) in [4.78, 5) is 16.6. The van der Waals surface area contributed by atoms with Gasteiger partial charge in [0.1, 0.15) is 0 Å². The number of aliphatic hydroxyl groups excluding tert-OH is 1. The quantitative estimate of drug-likeness (QED) is 0.914. The van der Waals surface area contributed by atoms with Gasteiger partial charge in [-0.25, -0.2) is 8.78 Å². The van der Waals surface area contributed by atoms with Gasteiger partial charge in [-0.05, 0) is 50.6 Å². The van der Waals surface area contributed by atoms with E-state index >= 15 is 0 Å². The number of amides is 1. The Morgan fingerprint density at radius 2 is 2.08 bits per heavy atom. The van der Waals surface area contributed by atoms with Crippen LogP contribution in [0, 0.1) is 17.0 Å². The van der Waals surface area contributed by atoms with Gasteiger partial charge in [-0.1, -0.05) is 6.07 Å². The van der Waals surface area contributed by atoms with Gasteiger partial charge in [0.15, 0.2) is 11.6 Å². The Kier molecular flexibility index (Phi) is 4.88. The van der Waals surface area contributed by atoms with E-state index in [9.17, 15) is 18.7 Å². The van der Waals surface area contributed by atoms with Gasteiger partial charge >= 0.3 is 0 Å². The molecule has 1 aromatic rings. The van der Waals surface area contributed by atoms with E-state index in [0.717, 1.165) is 37.9 Å².